The van der Waals surface area contributed by atoms with Gasteiger partial charge in [-0.2, -0.15) is 0 Å². The summed E-state index contributed by atoms with van der Waals surface area (Å²) in [6.45, 7) is 0. The molecule has 2 rings (SSSR count). The van der Waals surface area contributed by atoms with Gasteiger partial charge in [0, 0.05) is 10.5 Å². The van der Waals surface area contributed by atoms with Crippen LogP contribution < -0.4 is 10.6 Å². The Morgan fingerprint density at radius 1 is 1.16 bits per heavy atom. The minimum atomic E-state index is -0.800. The lowest BCUT2D eigenvalue weighted by molar-refractivity contribution is 0.244. The third-order valence-electron chi connectivity index (χ3n) is 3.19. The summed E-state index contributed by atoms with van der Waals surface area (Å²) < 4.78 is 27.4. The van der Waals surface area contributed by atoms with Crippen LogP contribution in [0.2, 0.25) is 0 Å². The van der Waals surface area contributed by atoms with E-state index in [1.54, 1.807) is 0 Å². The van der Waals surface area contributed by atoms with Crippen LogP contribution in [-0.4, -0.2) is 12.1 Å². The van der Waals surface area contributed by atoms with E-state index >= 15 is 0 Å². The second-order valence-corrected chi connectivity index (χ2v) is 5.59. The van der Waals surface area contributed by atoms with Gasteiger partial charge < -0.3 is 10.6 Å². The van der Waals surface area contributed by atoms with E-state index in [9.17, 15) is 13.6 Å². The Morgan fingerprint density at radius 3 is 2.32 bits per heavy atom. The van der Waals surface area contributed by atoms with E-state index in [1.807, 2.05) is 0 Å². The normalized spacial score (nSPS) is 16.2. The standard InChI is InChI=1S/C13H15BrF2N2O/c14-8-6-10(15)12(11(16)7-8)18-13(19)17-9-4-2-1-3-5-9/h6-7,9H,1-5H2,(H2,17,18,19). The average Bonchev–Trinajstić information content (AvgIpc) is 2.35. The quantitative estimate of drug-likeness (QED) is 0.837. The van der Waals surface area contributed by atoms with E-state index in [-0.39, 0.29) is 6.04 Å². The number of anilines is 1. The van der Waals surface area contributed by atoms with E-state index in [1.165, 1.54) is 6.42 Å². The van der Waals surface area contributed by atoms with Gasteiger partial charge in [0.15, 0.2) is 11.6 Å². The van der Waals surface area contributed by atoms with E-state index in [2.05, 4.69) is 26.6 Å². The first-order valence-corrected chi connectivity index (χ1v) is 7.07. The largest absolute Gasteiger partial charge is 0.335 e. The van der Waals surface area contributed by atoms with Crippen molar-refractivity contribution in [2.24, 2.45) is 0 Å². The number of carbonyl (C=O) groups excluding carboxylic acids is 1. The molecular weight excluding hydrogens is 318 g/mol. The van der Waals surface area contributed by atoms with Crippen molar-refractivity contribution in [3.8, 4) is 0 Å². The van der Waals surface area contributed by atoms with Crippen molar-refractivity contribution in [3.63, 3.8) is 0 Å². The van der Waals surface area contributed by atoms with Crippen molar-refractivity contribution in [3.05, 3.63) is 28.2 Å². The van der Waals surface area contributed by atoms with Crippen molar-refractivity contribution in [2.45, 2.75) is 38.1 Å². The second kappa shape index (κ2) is 6.32. The molecule has 1 aromatic rings. The fourth-order valence-corrected chi connectivity index (χ4v) is 2.65. The molecule has 1 aromatic carbocycles. The summed E-state index contributed by atoms with van der Waals surface area (Å²) in [5, 5.41) is 4.97. The van der Waals surface area contributed by atoms with Gasteiger partial charge in [0.1, 0.15) is 5.69 Å². The number of urea groups is 1. The lowest BCUT2D eigenvalue weighted by Gasteiger charge is -2.23. The number of benzene rings is 1. The summed E-state index contributed by atoms with van der Waals surface area (Å²) in [4.78, 5) is 11.7. The number of rotatable bonds is 2. The number of carbonyl (C=O) groups is 1. The molecule has 2 amide bonds. The molecule has 0 aliphatic heterocycles. The molecule has 1 aliphatic rings. The maximum Gasteiger partial charge on any atom is 0.319 e. The average molecular weight is 333 g/mol. The minimum absolute atomic E-state index is 0.0929. The van der Waals surface area contributed by atoms with Crippen LogP contribution in [0.25, 0.3) is 0 Å². The molecule has 0 bridgehead atoms. The third-order valence-corrected chi connectivity index (χ3v) is 3.64. The molecular formula is C13H15BrF2N2O. The first kappa shape index (κ1) is 14.2. The van der Waals surface area contributed by atoms with Crippen LogP contribution >= 0.6 is 15.9 Å². The summed E-state index contributed by atoms with van der Waals surface area (Å²) in [5.74, 6) is -1.60. The molecule has 1 aliphatic carbocycles. The summed E-state index contributed by atoms with van der Waals surface area (Å²) >= 11 is 2.98. The summed E-state index contributed by atoms with van der Waals surface area (Å²) in [7, 11) is 0. The van der Waals surface area contributed by atoms with E-state index < -0.39 is 23.4 Å². The number of nitrogens with one attached hydrogen (secondary N) is 2. The fraction of sp³-hybridized carbons (Fsp3) is 0.462. The van der Waals surface area contributed by atoms with Crippen molar-refractivity contribution in [2.75, 3.05) is 5.32 Å². The van der Waals surface area contributed by atoms with Crippen LogP contribution in [0.1, 0.15) is 32.1 Å². The van der Waals surface area contributed by atoms with Gasteiger partial charge in [-0.05, 0) is 25.0 Å². The number of amides is 2. The van der Waals surface area contributed by atoms with Crippen molar-refractivity contribution >= 4 is 27.6 Å². The molecule has 19 heavy (non-hydrogen) atoms. The van der Waals surface area contributed by atoms with Crippen LogP contribution in [0.15, 0.2) is 16.6 Å². The Kier molecular flexibility index (Phi) is 4.74. The van der Waals surface area contributed by atoms with Crippen LogP contribution in [-0.2, 0) is 0 Å². The molecule has 0 unspecified atom stereocenters. The van der Waals surface area contributed by atoms with Gasteiger partial charge in [-0.15, -0.1) is 0 Å². The predicted octanol–water partition coefficient (Wildman–Crippen LogP) is 4.18. The first-order chi connectivity index (χ1) is 9.06. The van der Waals surface area contributed by atoms with Gasteiger partial charge >= 0.3 is 6.03 Å². The van der Waals surface area contributed by atoms with Crippen LogP contribution in [0.4, 0.5) is 19.3 Å². The maximum atomic E-state index is 13.5. The summed E-state index contributed by atoms with van der Waals surface area (Å²) in [6, 6.07) is 1.75. The highest BCUT2D eigenvalue weighted by Gasteiger charge is 2.18. The zero-order chi connectivity index (χ0) is 13.8. The first-order valence-electron chi connectivity index (χ1n) is 6.28. The predicted molar refractivity (Wildman–Crippen MR) is 73.1 cm³/mol. The molecule has 3 nitrogen and oxygen atoms in total. The molecule has 2 N–H and O–H groups in total. The van der Waals surface area contributed by atoms with Crippen molar-refractivity contribution in [1.82, 2.24) is 5.32 Å². The zero-order valence-electron chi connectivity index (χ0n) is 10.3. The Bertz CT molecular complexity index is 453. The molecule has 0 radical (unpaired) electrons. The van der Waals surface area contributed by atoms with Crippen LogP contribution in [0, 0.1) is 11.6 Å². The van der Waals surface area contributed by atoms with Crippen molar-refractivity contribution < 1.29 is 13.6 Å². The van der Waals surface area contributed by atoms with Gasteiger partial charge in [-0.3, -0.25) is 0 Å². The molecule has 1 saturated carbocycles. The molecule has 6 heteroatoms. The van der Waals surface area contributed by atoms with Crippen LogP contribution in [0.5, 0.6) is 0 Å². The summed E-state index contributed by atoms with van der Waals surface area (Å²) in [6.07, 6.45) is 5.16. The molecule has 0 atom stereocenters. The molecule has 0 spiro atoms. The Labute approximate surface area is 118 Å². The molecule has 0 aromatic heterocycles. The minimum Gasteiger partial charge on any atom is -0.335 e. The van der Waals surface area contributed by atoms with Crippen LogP contribution in [0.3, 0.4) is 0 Å². The molecule has 0 saturated heterocycles. The van der Waals surface area contributed by atoms with Gasteiger partial charge in [0.25, 0.3) is 0 Å². The second-order valence-electron chi connectivity index (χ2n) is 4.68. The van der Waals surface area contributed by atoms with Crippen molar-refractivity contribution in [1.29, 1.82) is 0 Å². The Balaban J connectivity index is 1.98. The Morgan fingerprint density at radius 2 is 1.74 bits per heavy atom. The third kappa shape index (κ3) is 3.89. The SMILES string of the molecule is O=C(Nc1c(F)cc(Br)cc1F)NC1CCCCC1. The van der Waals surface area contributed by atoms with Gasteiger partial charge in [-0.25, -0.2) is 13.6 Å². The lowest BCUT2D eigenvalue weighted by Crippen LogP contribution is -2.39. The van der Waals surface area contributed by atoms with Gasteiger partial charge in [0.05, 0.1) is 0 Å². The smallest absolute Gasteiger partial charge is 0.319 e. The number of halogens is 3. The van der Waals surface area contributed by atoms with Gasteiger partial charge in [-0.1, -0.05) is 35.2 Å². The van der Waals surface area contributed by atoms with Gasteiger partial charge in [0.2, 0.25) is 0 Å². The monoisotopic (exact) mass is 332 g/mol. The topological polar surface area (TPSA) is 41.1 Å². The highest BCUT2D eigenvalue weighted by molar-refractivity contribution is 9.10. The fourth-order valence-electron chi connectivity index (χ4n) is 2.24. The molecule has 1 fully saturated rings. The zero-order valence-corrected chi connectivity index (χ0v) is 11.9. The number of hydrogen-bond donors (Lipinski definition) is 2. The summed E-state index contributed by atoms with van der Waals surface area (Å²) in [5.41, 5.74) is -0.420. The molecule has 104 valence electrons. The van der Waals surface area contributed by atoms with E-state index in [0.29, 0.717) is 4.47 Å². The molecule has 0 heterocycles. The maximum absolute atomic E-state index is 13.5. The lowest BCUT2D eigenvalue weighted by atomic mass is 9.96. The highest BCUT2D eigenvalue weighted by atomic mass is 79.9. The highest BCUT2D eigenvalue weighted by Crippen LogP contribution is 2.24. The van der Waals surface area contributed by atoms with E-state index in [0.717, 1.165) is 37.8 Å². The Hall–Kier alpha value is -1.17. The number of hydrogen-bond acceptors (Lipinski definition) is 1. The van der Waals surface area contributed by atoms with E-state index in [4.69, 9.17) is 0 Å².